The van der Waals surface area contributed by atoms with Crippen LogP contribution in [-0.4, -0.2) is 47.7 Å². The quantitative estimate of drug-likeness (QED) is 0.337. The number of halogens is 4. The smallest absolute Gasteiger partial charge is 0.323 e. The molecule has 2 aromatic rings. The fourth-order valence-corrected chi connectivity index (χ4v) is 6.13. The summed E-state index contributed by atoms with van der Waals surface area (Å²) in [6.45, 7) is 5.46. The van der Waals surface area contributed by atoms with Crippen molar-refractivity contribution in [2.75, 3.05) is 11.9 Å². The zero-order valence-corrected chi connectivity index (χ0v) is 23.7. The van der Waals surface area contributed by atoms with Gasteiger partial charge in [0.1, 0.15) is 29.7 Å². The molecule has 5 N–H and O–H groups in total. The van der Waals surface area contributed by atoms with E-state index in [9.17, 15) is 28.3 Å². The summed E-state index contributed by atoms with van der Waals surface area (Å²) in [4.78, 5) is 38.7. The van der Waals surface area contributed by atoms with Crippen molar-refractivity contribution < 1.29 is 33.0 Å². The average Bonchev–Trinajstić information content (AvgIpc) is 3.32. The molecule has 5 atom stereocenters. The first-order valence-electron chi connectivity index (χ1n) is 12.8. The van der Waals surface area contributed by atoms with Crippen molar-refractivity contribution >= 4 is 46.7 Å². The minimum Gasteiger partial charge on any atom is -0.462 e. The number of nitrogens with one attached hydrogen (secondary N) is 2. The summed E-state index contributed by atoms with van der Waals surface area (Å²) >= 11 is 12.2. The minimum absolute atomic E-state index is 0.00981. The van der Waals surface area contributed by atoms with Gasteiger partial charge in [-0.15, -0.1) is 0 Å². The second-order valence-electron chi connectivity index (χ2n) is 11.5. The maximum absolute atomic E-state index is 14.9. The molecule has 5 unspecified atom stereocenters. The van der Waals surface area contributed by atoms with E-state index in [2.05, 4.69) is 10.6 Å². The van der Waals surface area contributed by atoms with Crippen molar-refractivity contribution in [3.05, 3.63) is 63.1 Å². The molecule has 2 heterocycles. The SMILES string of the molecule is CC(C)(C)CC1NC(C(=O)OCC(O)CCC(N)=O)C(c2ccc(F)c(Cl)c2)C12C(=O)Nc1cc(Cl)c(F)cc12. The molecule has 4 rings (SSSR count). The number of hydrogen-bond donors (Lipinski definition) is 4. The van der Waals surface area contributed by atoms with Gasteiger partial charge in [0, 0.05) is 24.1 Å². The lowest BCUT2D eigenvalue weighted by Gasteiger charge is -2.37. The second-order valence-corrected chi connectivity index (χ2v) is 12.4. The number of nitrogens with two attached hydrogens (primary N) is 1. The topological polar surface area (TPSA) is 131 Å². The van der Waals surface area contributed by atoms with E-state index >= 15 is 0 Å². The summed E-state index contributed by atoms with van der Waals surface area (Å²) in [7, 11) is 0. The summed E-state index contributed by atoms with van der Waals surface area (Å²) < 4.78 is 34.6. The number of rotatable bonds is 8. The molecular weight excluding hydrogens is 567 g/mol. The van der Waals surface area contributed by atoms with Gasteiger partial charge in [-0.3, -0.25) is 19.7 Å². The molecule has 2 aliphatic heterocycles. The molecule has 0 aromatic heterocycles. The first kappa shape index (κ1) is 30.2. The third-order valence-electron chi connectivity index (χ3n) is 7.40. The van der Waals surface area contributed by atoms with Crippen LogP contribution in [0.5, 0.6) is 0 Å². The summed E-state index contributed by atoms with van der Waals surface area (Å²) in [6, 6.07) is 4.52. The van der Waals surface area contributed by atoms with Crippen molar-refractivity contribution in [2.45, 2.75) is 69.6 Å². The monoisotopic (exact) mass is 597 g/mol. The molecule has 2 aromatic carbocycles. The van der Waals surface area contributed by atoms with E-state index in [1.54, 1.807) is 0 Å². The fraction of sp³-hybridized carbons (Fsp3) is 0.464. The van der Waals surface area contributed by atoms with Gasteiger partial charge >= 0.3 is 5.97 Å². The van der Waals surface area contributed by atoms with Crippen LogP contribution in [0.2, 0.25) is 10.0 Å². The molecular formula is C28H31Cl2F2N3O5. The molecule has 2 amide bonds. The van der Waals surface area contributed by atoms with Crippen LogP contribution in [0.4, 0.5) is 14.5 Å². The zero-order chi connectivity index (χ0) is 29.6. The number of aliphatic hydroxyl groups excluding tert-OH is 1. The third-order valence-corrected chi connectivity index (χ3v) is 7.98. The highest BCUT2D eigenvalue weighted by atomic mass is 35.5. The van der Waals surface area contributed by atoms with Gasteiger partial charge in [-0.2, -0.15) is 0 Å². The molecule has 40 heavy (non-hydrogen) atoms. The molecule has 0 bridgehead atoms. The lowest BCUT2D eigenvalue weighted by atomic mass is 9.62. The number of anilines is 1. The van der Waals surface area contributed by atoms with Gasteiger partial charge in [0.15, 0.2) is 0 Å². The van der Waals surface area contributed by atoms with Crippen molar-refractivity contribution in [3.8, 4) is 0 Å². The first-order chi connectivity index (χ1) is 18.6. The van der Waals surface area contributed by atoms with E-state index in [-0.39, 0.29) is 28.3 Å². The molecule has 0 radical (unpaired) electrons. The van der Waals surface area contributed by atoms with E-state index in [0.717, 1.165) is 6.07 Å². The second kappa shape index (κ2) is 11.2. The lowest BCUT2D eigenvalue weighted by molar-refractivity contribution is -0.149. The molecule has 216 valence electrons. The molecule has 1 spiro atoms. The van der Waals surface area contributed by atoms with Crippen molar-refractivity contribution in [1.82, 2.24) is 5.32 Å². The van der Waals surface area contributed by atoms with Gasteiger partial charge < -0.3 is 20.9 Å². The number of esters is 1. The number of hydrogen-bond acceptors (Lipinski definition) is 6. The molecule has 8 nitrogen and oxygen atoms in total. The van der Waals surface area contributed by atoms with Crippen LogP contribution in [0, 0.1) is 17.0 Å². The van der Waals surface area contributed by atoms with Gasteiger partial charge in [-0.05, 0) is 53.6 Å². The van der Waals surface area contributed by atoms with E-state index in [4.69, 9.17) is 33.7 Å². The Kier molecular flexibility index (Phi) is 8.48. The number of carbonyl (C=O) groups excluding carboxylic acids is 3. The Balaban J connectivity index is 1.85. The highest BCUT2D eigenvalue weighted by Crippen LogP contribution is 2.57. The van der Waals surface area contributed by atoms with Gasteiger partial charge in [-0.25, -0.2) is 8.78 Å². The Morgan fingerprint density at radius 2 is 1.82 bits per heavy atom. The molecule has 0 aliphatic carbocycles. The number of primary amides is 1. The van der Waals surface area contributed by atoms with Gasteiger partial charge in [-0.1, -0.05) is 50.0 Å². The van der Waals surface area contributed by atoms with Crippen LogP contribution in [0.25, 0.3) is 0 Å². The van der Waals surface area contributed by atoms with Crippen LogP contribution in [0.15, 0.2) is 30.3 Å². The summed E-state index contributed by atoms with van der Waals surface area (Å²) in [6.07, 6.45) is -0.883. The van der Waals surface area contributed by atoms with Crippen LogP contribution < -0.4 is 16.4 Å². The van der Waals surface area contributed by atoms with Crippen LogP contribution in [0.1, 0.15) is 57.1 Å². The number of carbonyl (C=O) groups is 3. The van der Waals surface area contributed by atoms with E-state index in [1.807, 2.05) is 20.8 Å². The zero-order valence-electron chi connectivity index (χ0n) is 22.2. The molecule has 0 saturated carbocycles. The summed E-state index contributed by atoms with van der Waals surface area (Å²) in [5, 5.41) is 15.9. The van der Waals surface area contributed by atoms with Crippen LogP contribution >= 0.6 is 23.2 Å². The van der Waals surface area contributed by atoms with Gasteiger partial charge in [0.2, 0.25) is 11.8 Å². The van der Waals surface area contributed by atoms with Gasteiger partial charge in [0.25, 0.3) is 0 Å². The van der Waals surface area contributed by atoms with Crippen molar-refractivity contribution in [3.63, 3.8) is 0 Å². The Morgan fingerprint density at radius 1 is 1.15 bits per heavy atom. The number of fused-ring (bicyclic) bond motifs is 2. The van der Waals surface area contributed by atoms with Crippen LogP contribution in [-0.2, 0) is 24.5 Å². The molecule has 1 saturated heterocycles. The van der Waals surface area contributed by atoms with E-state index in [0.29, 0.717) is 23.2 Å². The Hall–Kier alpha value is -2.79. The van der Waals surface area contributed by atoms with Gasteiger partial charge in [0.05, 0.1) is 16.1 Å². The maximum atomic E-state index is 14.9. The highest BCUT2D eigenvalue weighted by molar-refractivity contribution is 6.31. The first-order valence-corrected chi connectivity index (χ1v) is 13.6. The third kappa shape index (κ3) is 5.68. The number of aliphatic hydroxyl groups is 1. The average molecular weight is 598 g/mol. The summed E-state index contributed by atoms with van der Waals surface area (Å²) in [5.41, 5.74) is 4.18. The predicted octanol–water partition coefficient (Wildman–Crippen LogP) is 4.19. The Bertz CT molecular complexity index is 1350. The highest BCUT2D eigenvalue weighted by Gasteiger charge is 2.66. The number of amides is 2. The lowest BCUT2D eigenvalue weighted by Crippen LogP contribution is -2.49. The number of ether oxygens (including phenoxy) is 1. The maximum Gasteiger partial charge on any atom is 0.323 e. The van der Waals surface area contributed by atoms with E-state index in [1.165, 1.54) is 24.3 Å². The van der Waals surface area contributed by atoms with Crippen LogP contribution in [0.3, 0.4) is 0 Å². The summed E-state index contributed by atoms with van der Waals surface area (Å²) in [5.74, 6) is -4.35. The normalized spacial score (nSPS) is 24.6. The molecule has 12 heteroatoms. The number of benzene rings is 2. The van der Waals surface area contributed by atoms with Crippen molar-refractivity contribution in [2.24, 2.45) is 11.1 Å². The van der Waals surface area contributed by atoms with E-state index < -0.39 is 65.5 Å². The molecule has 1 fully saturated rings. The fourth-order valence-electron chi connectivity index (χ4n) is 5.78. The Labute approximate surface area is 240 Å². The minimum atomic E-state index is -1.54. The predicted molar refractivity (Wildman–Crippen MR) is 146 cm³/mol. The largest absolute Gasteiger partial charge is 0.462 e. The molecule has 2 aliphatic rings. The Morgan fingerprint density at radius 3 is 2.45 bits per heavy atom. The van der Waals surface area contributed by atoms with Crippen molar-refractivity contribution in [1.29, 1.82) is 0 Å². The standard InChI is InChI=1S/C28H31Cl2F2N3O5/c1-27(2,3)11-21-28(15-9-19(32)17(30)10-20(15)34-26(28)39)23(13-4-6-18(31)16(29)8-13)24(35-21)25(38)40-12-14(36)5-7-22(33)37/h4,6,8-10,14,21,23-24,35-36H,5,7,11-12H2,1-3H3,(H2,33,37)(H,34,39).